The van der Waals surface area contributed by atoms with E-state index in [-0.39, 0.29) is 10.0 Å². The van der Waals surface area contributed by atoms with Gasteiger partial charge in [-0.3, -0.25) is 4.79 Å². The van der Waals surface area contributed by atoms with E-state index >= 15 is 0 Å². The number of pyridine rings is 1. The van der Waals surface area contributed by atoms with E-state index in [2.05, 4.69) is 15.9 Å². The highest BCUT2D eigenvalue weighted by atomic mass is 79.9. The summed E-state index contributed by atoms with van der Waals surface area (Å²) in [6.45, 7) is 0. The molecule has 0 unspecified atom stereocenters. The Labute approximate surface area is 80.1 Å². The normalized spacial score (nSPS) is 10.1. The van der Waals surface area contributed by atoms with Crippen molar-refractivity contribution in [2.24, 2.45) is 0 Å². The number of aromatic amines is 1. The molecule has 0 aliphatic rings. The Kier molecular flexibility index (Phi) is 2.78. The predicted molar refractivity (Wildman–Crippen MR) is 44.4 cm³/mol. The molecule has 0 atom stereocenters. The summed E-state index contributed by atoms with van der Waals surface area (Å²) in [7, 11) is 0. The smallest absolute Gasteiger partial charge is 0.279 e. The Morgan fingerprint density at radius 3 is 2.69 bits per heavy atom. The summed E-state index contributed by atoms with van der Waals surface area (Å²) < 4.78 is 24.4. The molecule has 0 bridgehead atoms. The molecular weight excluding hydrogens is 246 g/mol. The molecule has 1 rings (SSSR count). The quantitative estimate of drug-likeness (QED) is 0.826. The molecule has 0 radical (unpaired) electrons. The number of nitrogens with zero attached hydrogens (tertiary/aromatic N) is 1. The Hall–Kier alpha value is -1.22. The monoisotopic (exact) mass is 248 g/mol. The number of hydrogen-bond donors (Lipinski definition) is 1. The second-order valence-corrected chi connectivity index (χ2v) is 3.04. The summed E-state index contributed by atoms with van der Waals surface area (Å²) in [6, 6.07) is 2.63. The van der Waals surface area contributed by atoms with Crippen LogP contribution >= 0.6 is 15.9 Å². The topological polar surface area (TPSA) is 56.6 Å². The first-order valence-electron chi connectivity index (χ1n) is 3.17. The summed E-state index contributed by atoms with van der Waals surface area (Å²) in [4.78, 5) is 12.8. The number of aromatic nitrogens is 1. The summed E-state index contributed by atoms with van der Waals surface area (Å²) in [5, 5.41) is 8.46. The number of rotatable bonds is 1. The lowest BCUT2D eigenvalue weighted by Gasteiger charge is -2.01. The summed E-state index contributed by atoms with van der Waals surface area (Å²) in [6.07, 6.45) is -2.85. The summed E-state index contributed by atoms with van der Waals surface area (Å²) in [5.41, 5.74) is -1.55. The molecule has 1 aromatic rings. The third kappa shape index (κ3) is 1.92. The van der Waals surface area contributed by atoms with Crippen LogP contribution in [0.3, 0.4) is 0 Å². The zero-order valence-corrected chi connectivity index (χ0v) is 7.73. The van der Waals surface area contributed by atoms with Crippen LogP contribution in [0.15, 0.2) is 15.3 Å². The largest absolute Gasteiger partial charge is 0.319 e. The number of nitriles is 1. The molecule has 0 aromatic carbocycles. The third-order valence-corrected chi connectivity index (χ3v) is 1.95. The highest BCUT2D eigenvalue weighted by Crippen LogP contribution is 2.20. The van der Waals surface area contributed by atoms with E-state index in [1.54, 1.807) is 6.07 Å². The maximum Gasteiger partial charge on any atom is 0.279 e. The van der Waals surface area contributed by atoms with E-state index in [1.807, 2.05) is 4.98 Å². The number of hydrogen-bond acceptors (Lipinski definition) is 2. The van der Waals surface area contributed by atoms with Crippen molar-refractivity contribution in [2.75, 3.05) is 0 Å². The van der Waals surface area contributed by atoms with Crippen molar-refractivity contribution in [1.29, 1.82) is 5.26 Å². The van der Waals surface area contributed by atoms with Gasteiger partial charge in [-0.05, 0) is 22.0 Å². The molecule has 0 saturated carbocycles. The fourth-order valence-electron chi connectivity index (χ4n) is 0.784. The van der Waals surface area contributed by atoms with Gasteiger partial charge in [0, 0.05) is 0 Å². The molecule has 0 aliphatic heterocycles. The van der Waals surface area contributed by atoms with Crippen LogP contribution in [-0.2, 0) is 0 Å². The molecule has 0 amide bonds. The fraction of sp³-hybridized carbons (Fsp3) is 0.143. The van der Waals surface area contributed by atoms with E-state index in [4.69, 9.17) is 5.26 Å². The lowest BCUT2D eigenvalue weighted by Crippen LogP contribution is -2.11. The zero-order chi connectivity index (χ0) is 10.0. The van der Waals surface area contributed by atoms with Gasteiger partial charge < -0.3 is 4.98 Å². The van der Waals surface area contributed by atoms with Gasteiger partial charge in [-0.1, -0.05) is 0 Å². The number of alkyl halides is 2. The van der Waals surface area contributed by atoms with Crippen LogP contribution in [0.5, 0.6) is 0 Å². The SMILES string of the molecule is N#Cc1cc(Br)c(=O)[nH]c1C(F)F. The van der Waals surface area contributed by atoms with Crippen molar-refractivity contribution >= 4 is 15.9 Å². The first-order valence-corrected chi connectivity index (χ1v) is 3.96. The standard InChI is InChI=1S/C7H3BrF2N2O/c8-4-1-3(2-11)5(6(9)10)12-7(4)13/h1,6H,(H,12,13). The van der Waals surface area contributed by atoms with Gasteiger partial charge in [0.05, 0.1) is 10.0 Å². The van der Waals surface area contributed by atoms with E-state index in [1.165, 1.54) is 0 Å². The van der Waals surface area contributed by atoms with Crippen molar-refractivity contribution in [3.8, 4) is 6.07 Å². The summed E-state index contributed by atoms with van der Waals surface area (Å²) >= 11 is 2.83. The molecular formula is C7H3BrF2N2O. The van der Waals surface area contributed by atoms with Crippen LogP contribution in [0.2, 0.25) is 0 Å². The van der Waals surface area contributed by atoms with Gasteiger partial charge in [0.25, 0.3) is 12.0 Å². The predicted octanol–water partition coefficient (Wildman–Crippen LogP) is 1.95. The summed E-state index contributed by atoms with van der Waals surface area (Å²) in [5.74, 6) is 0. The molecule has 6 heteroatoms. The number of nitrogens with one attached hydrogen (secondary N) is 1. The van der Waals surface area contributed by atoms with Crippen molar-refractivity contribution < 1.29 is 8.78 Å². The van der Waals surface area contributed by atoms with E-state index in [9.17, 15) is 13.6 Å². The van der Waals surface area contributed by atoms with Gasteiger partial charge in [-0.25, -0.2) is 8.78 Å². The Morgan fingerprint density at radius 2 is 2.23 bits per heavy atom. The minimum absolute atomic E-state index is 0.0634. The van der Waals surface area contributed by atoms with Gasteiger partial charge in [0.1, 0.15) is 11.8 Å². The van der Waals surface area contributed by atoms with Gasteiger partial charge in [0.15, 0.2) is 0 Å². The zero-order valence-electron chi connectivity index (χ0n) is 6.14. The maximum atomic E-state index is 12.2. The molecule has 0 fully saturated rings. The number of H-pyrrole nitrogens is 1. The Morgan fingerprint density at radius 1 is 1.62 bits per heavy atom. The highest BCUT2D eigenvalue weighted by molar-refractivity contribution is 9.10. The lowest BCUT2D eigenvalue weighted by molar-refractivity contribution is 0.145. The van der Waals surface area contributed by atoms with Gasteiger partial charge >= 0.3 is 0 Å². The molecule has 1 aromatic heterocycles. The molecule has 3 nitrogen and oxygen atoms in total. The molecule has 1 N–H and O–H groups in total. The van der Waals surface area contributed by atoms with Crippen molar-refractivity contribution in [2.45, 2.75) is 6.43 Å². The van der Waals surface area contributed by atoms with Crippen LogP contribution in [0.25, 0.3) is 0 Å². The first-order chi connectivity index (χ1) is 6.06. The average Bonchev–Trinajstić information content (AvgIpc) is 2.08. The Bertz CT molecular complexity index is 421. The fourth-order valence-corrected chi connectivity index (χ4v) is 1.11. The van der Waals surface area contributed by atoms with Crippen molar-refractivity contribution in [3.05, 3.63) is 32.2 Å². The van der Waals surface area contributed by atoms with Gasteiger partial charge in [-0.15, -0.1) is 0 Å². The van der Waals surface area contributed by atoms with Crippen LogP contribution in [0.4, 0.5) is 8.78 Å². The molecule has 68 valence electrons. The molecule has 1 heterocycles. The van der Waals surface area contributed by atoms with Gasteiger partial charge in [-0.2, -0.15) is 5.26 Å². The third-order valence-electron chi connectivity index (χ3n) is 1.37. The maximum absolute atomic E-state index is 12.2. The highest BCUT2D eigenvalue weighted by Gasteiger charge is 2.15. The van der Waals surface area contributed by atoms with Crippen LogP contribution in [-0.4, -0.2) is 4.98 Å². The molecule has 0 saturated heterocycles. The first kappa shape index (κ1) is 9.86. The van der Waals surface area contributed by atoms with E-state index in [0.717, 1.165) is 6.07 Å². The molecule has 13 heavy (non-hydrogen) atoms. The second-order valence-electron chi connectivity index (χ2n) is 2.19. The van der Waals surface area contributed by atoms with Crippen LogP contribution in [0, 0.1) is 11.3 Å². The lowest BCUT2D eigenvalue weighted by atomic mass is 10.2. The Balaban J connectivity index is 3.44. The van der Waals surface area contributed by atoms with E-state index < -0.39 is 17.7 Å². The van der Waals surface area contributed by atoms with Crippen LogP contribution < -0.4 is 5.56 Å². The van der Waals surface area contributed by atoms with E-state index in [0.29, 0.717) is 0 Å². The van der Waals surface area contributed by atoms with Crippen molar-refractivity contribution in [1.82, 2.24) is 4.98 Å². The minimum Gasteiger partial charge on any atom is -0.319 e. The second kappa shape index (κ2) is 3.66. The van der Waals surface area contributed by atoms with Crippen molar-refractivity contribution in [3.63, 3.8) is 0 Å². The molecule has 0 aliphatic carbocycles. The molecule has 0 spiro atoms. The minimum atomic E-state index is -2.85. The van der Waals surface area contributed by atoms with Gasteiger partial charge in [0.2, 0.25) is 0 Å². The van der Waals surface area contributed by atoms with Crippen LogP contribution in [0.1, 0.15) is 17.7 Å². The number of halogens is 3. The average molecular weight is 249 g/mol.